The second-order valence-corrected chi connectivity index (χ2v) is 5.17. The van der Waals surface area contributed by atoms with Crippen molar-refractivity contribution < 1.29 is 9.59 Å². The van der Waals surface area contributed by atoms with Crippen molar-refractivity contribution in [3.8, 4) is 0 Å². The quantitative estimate of drug-likeness (QED) is 0.641. The molecule has 1 fully saturated rings. The number of imide groups is 1. The van der Waals surface area contributed by atoms with Gasteiger partial charge in [0.05, 0.1) is 12.1 Å². The van der Waals surface area contributed by atoms with Gasteiger partial charge in [-0.15, -0.1) is 0 Å². The number of rotatable bonds is 2. The van der Waals surface area contributed by atoms with E-state index >= 15 is 0 Å². The number of carbonyl (C=O) groups is 2. The Labute approximate surface area is 110 Å². The second kappa shape index (κ2) is 4.66. The van der Waals surface area contributed by atoms with Crippen molar-refractivity contribution in [2.24, 2.45) is 0 Å². The van der Waals surface area contributed by atoms with Gasteiger partial charge in [0.15, 0.2) is 0 Å². The van der Waals surface area contributed by atoms with Crippen molar-refractivity contribution in [1.82, 2.24) is 15.2 Å². The molecule has 0 aliphatic carbocycles. The summed E-state index contributed by atoms with van der Waals surface area (Å²) in [7, 11) is 0. The fourth-order valence-corrected chi connectivity index (χ4v) is 2.05. The van der Waals surface area contributed by atoms with Crippen LogP contribution >= 0.6 is 11.6 Å². The Morgan fingerprint density at radius 1 is 1.50 bits per heavy atom. The van der Waals surface area contributed by atoms with E-state index in [1.807, 2.05) is 11.0 Å². The predicted octanol–water partition coefficient (Wildman–Crippen LogP) is 0.972. The fourth-order valence-electron chi connectivity index (χ4n) is 1.85. The van der Waals surface area contributed by atoms with Gasteiger partial charge in [-0.3, -0.25) is 19.8 Å². The van der Waals surface area contributed by atoms with Crippen LogP contribution in [-0.2, 0) is 16.1 Å². The zero-order valence-electron chi connectivity index (χ0n) is 10.2. The Kier molecular flexibility index (Phi) is 3.36. The van der Waals surface area contributed by atoms with Gasteiger partial charge in [0.2, 0.25) is 11.8 Å². The summed E-state index contributed by atoms with van der Waals surface area (Å²) in [5.74, 6) is -0.557. The van der Waals surface area contributed by atoms with Crippen molar-refractivity contribution >= 4 is 23.4 Å². The summed E-state index contributed by atoms with van der Waals surface area (Å²) in [6, 6.07) is 3.55. The predicted molar refractivity (Wildman–Crippen MR) is 66.9 cm³/mol. The zero-order valence-corrected chi connectivity index (χ0v) is 11.0. The van der Waals surface area contributed by atoms with Crippen LogP contribution in [0.3, 0.4) is 0 Å². The minimum absolute atomic E-state index is 0.193. The van der Waals surface area contributed by atoms with Crippen LogP contribution in [0.1, 0.15) is 19.4 Å². The number of aromatic nitrogens is 1. The maximum absolute atomic E-state index is 11.8. The zero-order chi connectivity index (χ0) is 13.3. The molecule has 96 valence electrons. The molecule has 0 spiro atoms. The first-order valence-corrected chi connectivity index (χ1v) is 5.97. The van der Waals surface area contributed by atoms with E-state index in [4.69, 9.17) is 11.6 Å². The van der Waals surface area contributed by atoms with Gasteiger partial charge in [-0.2, -0.15) is 0 Å². The summed E-state index contributed by atoms with van der Waals surface area (Å²) in [6.07, 6.45) is 1.61. The van der Waals surface area contributed by atoms with Gasteiger partial charge in [-0.25, -0.2) is 4.98 Å². The first kappa shape index (κ1) is 13.0. The van der Waals surface area contributed by atoms with Crippen molar-refractivity contribution in [2.45, 2.75) is 25.9 Å². The van der Waals surface area contributed by atoms with Crippen molar-refractivity contribution in [2.75, 3.05) is 6.54 Å². The molecule has 1 aromatic heterocycles. The molecule has 0 atom stereocenters. The number of piperazine rings is 1. The van der Waals surface area contributed by atoms with E-state index in [2.05, 4.69) is 10.3 Å². The Hall–Kier alpha value is -1.46. The minimum Gasteiger partial charge on any atom is -0.294 e. The Morgan fingerprint density at radius 3 is 2.89 bits per heavy atom. The van der Waals surface area contributed by atoms with Gasteiger partial charge in [0, 0.05) is 12.7 Å². The number of amides is 2. The SMILES string of the molecule is CC1(C)C(=O)NC(=O)CN1Cc1ccnc(Cl)c1. The molecule has 0 saturated carbocycles. The first-order valence-electron chi connectivity index (χ1n) is 5.59. The largest absolute Gasteiger partial charge is 0.294 e. The molecular formula is C12H14ClN3O2. The molecule has 0 bridgehead atoms. The number of hydrogen-bond acceptors (Lipinski definition) is 4. The standard InChI is InChI=1S/C12H14ClN3O2/c1-12(2)11(18)15-10(17)7-16(12)6-8-3-4-14-9(13)5-8/h3-5H,6-7H2,1-2H3,(H,15,17,18). The monoisotopic (exact) mass is 267 g/mol. The molecule has 18 heavy (non-hydrogen) atoms. The molecule has 2 rings (SSSR count). The van der Waals surface area contributed by atoms with E-state index in [0.717, 1.165) is 5.56 Å². The lowest BCUT2D eigenvalue weighted by molar-refractivity contribution is -0.145. The maximum Gasteiger partial charge on any atom is 0.246 e. The minimum atomic E-state index is -0.719. The average molecular weight is 268 g/mol. The molecule has 0 unspecified atom stereocenters. The van der Waals surface area contributed by atoms with E-state index in [1.165, 1.54) is 0 Å². The second-order valence-electron chi connectivity index (χ2n) is 4.78. The van der Waals surface area contributed by atoms with Gasteiger partial charge < -0.3 is 0 Å². The van der Waals surface area contributed by atoms with Crippen LogP contribution in [0.5, 0.6) is 0 Å². The number of nitrogens with one attached hydrogen (secondary N) is 1. The summed E-state index contributed by atoms with van der Waals surface area (Å²) in [4.78, 5) is 28.9. The van der Waals surface area contributed by atoms with Crippen LogP contribution in [0.2, 0.25) is 5.15 Å². The topological polar surface area (TPSA) is 62.3 Å². The maximum atomic E-state index is 11.8. The summed E-state index contributed by atoms with van der Waals surface area (Å²) in [5, 5.41) is 2.74. The molecule has 2 amide bonds. The lowest BCUT2D eigenvalue weighted by Gasteiger charge is -2.40. The first-order chi connectivity index (χ1) is 8.39. The molecule has 0 aromatic carbocycles. The highest BCUT2D eigenvalue weighted by Gasteiger charge is 2.40. The van der Waals surface area contributed by atoms with E-state index in [-0.39, 0.29) is 18.4 Å². The van der Waals surface area contributed by atoms with Crippen LogP contribution in [0, 0.1) is 0 Å². The van der Waals surface area contributed by atoms with Gasteiger partial charge >= 0.3 is 0 Å². The Balaban J connectivity index is 2.21. The van der Waals surface area contributed by atoms with Gasteiger partial charge in [-0.1, -0.05) is 11.6 Å². The molecule has 2 heterocycles. The number of nitrogens with zero attached hydrogens (tertiary/aromatic N) is 2. The third-order valence-electron chi connectivity index (χ3n) is 3.10. The highest BCUT2D eigenvalue weighted by atomic mass is 35.5. The number of halogens is 1. The highest BCUT2D eigenvalue weighted by Crippen LogP contribution is 2.21. The summed E-state index contributed by atoms with van der Waals surface area (Å²) in [5.41, 5.74) is 0.203. The molecule has 1 N–H and O–H groups in total. The third-order valence-corrected chi connectivity index (χ3v) is 3.30. The molecule has 1 aliphatic heterocycles. The number of hydrogen-bond donors (Lipinski definition) is 1. The number of carbonyl (C=O) groups excluding carboxylic acids is 2. The smallest absolute Gasteiger partial charge is 0.246 e. The lowest BCUT2D eigenvalue weighted by atomic mass is 9.98. The third kappa shape index (κ3) is 2.52. The van der Waals surface area contributed by atoms with Crippen LogP contribution in [0.25, 0.3) is 0 Å². The van der Waals surface area contributed by atoms with E-state index in [0.29, 0.717) is 11.7 Å². The Bertz CT molecular complexity index is 502. The molecule has 1 saturated heterocycles. The number of pyridine rings is 1. The van der Waals surface area contributed by atoms with Crippen molar-refractivity contribution in [3.63, 3.8) is 0 Å². The molecule has 6 heteroatoms. The van der Waals surface area contributed by atoms with Gasteiger partial charge in [-0.05, 0) is 31.5 Å². The summed E-state index contributed by atoms with van der Waals surface area (Å²) >= 11 is 5.82. The van der Waals surface area contributed by atoms with E-state index in [9.17, 15) is 9.59 Å². The van der Waals surface area contributed by atoms with Gasteiger partial charge in [0.25, 0.3) is 0 Å². The Morgan fingerprint density at radius 2 is 2.22 bits per heavy atom. The molecule has 1 aromatic rings. The van der Waals surface area contributed by atoms with Crippen LogP contribution < -0.4 is 5.32 Å². The van der Waals surface area contributed by atoms with Crippen molar-refractivity contribution in [1.29, 1.82) is 0 Å². The van der Waals surface area contributed by atoms with Crippen LogP contribution in [0.4, 0.5) is 0 Å². The summed E-state index contributed by atoms with van der Waals surface area (Å²) in [6.45, 7) is 4.25. The molecular weight excluding hydrogens is 254 g/mol. The lowest BCUT2D eigenvalue weighted by Crippen LogP contribution is -2.63. The molecule has 5 nitrogen and oxygen atoms in total. The van der Waals surface area contributed by atoms with Crippen LogP contribution in [-0.4, -0.2) is 33.8 Å². The normalized spacial score (nSPS) is 19.7. The van der Waals surface area contributed by atoms with Crippen molar-refractivity contribution in [3.05, 3.63) is 29.0 Å². The molecule has 1 aliphatic rings. The summed E-state index contributed by atoms with van der Waals surface area (Å²) < 4.78 is 0. The average Bonchev–Trinajstić information content (AvgIpc) is 2.26. The van der Waals surface area contributed by atoms with Gasteiger partial charge in [0.1, 0.15) is 5.15 Å². The fraction of sp³-hybridized carbons (Fsp3) is 0.417. The van der Waals surface area contributed by atoms with E-state index in [1.54, 1.807) is 26.1 Å². The van der Waals surface area contributed by atoms with E-state index < -0.39 is 5.54 Å². The van der Waals surface area contributed by atoms with Crippen LogP contribution in [0.15, 0.2) is 18.3 Å². The molecule has 0 radical (unpaired) electrons. The highest BCUT2D eigenvalue weighted by molar-refractivity contribution is 6.29.